The van der Waals surface area contributed by atoms with Crippen molar-refractivity contribution in [2.24, 2.45) is 5.41 Å². The first-order chi connectivity index (χ1) is 15.2. The van der Waals surface area contributed by atoms with Crippen LogP contribution in [0.5, 0.6) is 0 Å². The van der Waals surface area contributed by atoms with Crippen LogP contribution in [0.3, 0.4) is 0 Å². The highest BCUT2D eigenvalue weighted by atomic mass is 15.2. The van der Waals surface area contributed by atoms with Crippen LogP contribution in [0.2, 0.25) is 0 Å². The molecule has 6 heterocycles. The van der Waals surface area contributed by atoms with Crippen LogP contribution in [0.4, 0.5) is 5.69 Å². The molecule has 0 amide bonds. The number of aromatic nitrogens is 5. The van der Waals surface area contributed by atoms with Crippen LogP contribution in [0.25, 0.3) is 33.7 Å². The largest absolute Gasteiger partial charge is 0.370 e. The highest BCUT2D eigenvalue weighted by Gasteiger charge is 2.40. The average molecular weight is 412 g/mol. The Morgan fingerprint density at radius 3 is 2.87 bits per heavy atom. The van der Waals surface area contributed by atoms with E-state index in [1.165, 1.54) is 12.8 Å². The van der Waals surface area contributed by atoms with E-state index < -0.39 is 0 Å². The standard InChI is InChI=1S/C24H25N7/c1-16-3-2-4-21(28-16)23-18(13-27-30-23)19-5-6-20-22(29-19)11-17(12-26-20)31-10-8-24(15-31)7-9-25-14-24/h2-6,11-13,25H,7-10,14-15H2,1H3,(H,27,30). The Bertz CT molecular complexity index is 1260. The highest BCUT2D eigenvalue weighted by Crippen LogP contribution is 2.38. The third-order valence-corrected chi connectivity index (χ3v) is 6.71. The zero-order valence-electron chi connectivity index (χ0n) is 17.6. The number of aromatic amines is 1. The van der Waals surface area contributed by atoms with Gasteiger partial charge in [0, 0.05) is 42.5 Å². The lowest BCUT2D eigenvalue weighted by Crippen LogP contribution is -2.29. The number of aryl methyl sites for hydroxylation is 1. The highest BCUT2D eigenvalue weighted by molar-refractivity contribution is 5.84. The zero-order valence-corrected chi connectivity index (χ0v) is 17.6. The van der Waals surface area contributed by atoms with E-state index in [2.05, 4.69) is 31.5 Å². The summed E-state index contributed by atoms with van der Waals surface area (Å²) in [5, 5.41) is 11.0. The number of hydrogen-bond donors (Lipinski definition) is 2. The van der Waals surface area contributed by atoms with Gasteiger partial charge in [0.05, 0.1) is 34.3 Å². The van der Waals surface area contributed by atoms with Gasteiger partial charge in [0.25, 0.3) is 0 Å². The number of nitrogens with one attached hydrogen (secondary N) is 2. The van der Waals surface area contributed by atoms with E-state index in [4.69, 9.17) is 9.97 Å². The molecule has 2 fully saturated rings. The molecule has 1 spiro atoms. The van der Waals surface area contributed by atoms with Gasteiger partial charge in [-0.05, 0) is 56.6 Å². The Balaban J connectivity index is 1.36. The van der Waals surface area contributed by atoms with Gasteiger partial charge in [0.2, 0.25) is 0 Å². The minimum Gasteiger partial charge on any atom is -0.370 e. The zero-order chi connectivity index (χ0) is 20.8. The number of anilines is 1. The van der Waals surface area contributed by atoms with Crippen molar-refractivity contribution in [1.82, 2.24) is 30.5 Å². The van der Waals surface area contributed by atoms with E-state index in [0.717, 1.165) is 71.2 Å². The molecule has 4 aromatic heterocycles. The van der Waals surface area contributed by atoms with Crippen LogP contribution in [0, 0.1) is 12.3 Å². The molecule has 6 rings (SSSR count). The maximum absolute atomic E-state index is 4.96. The van der Waals surface area contributed by atoms with Gasteiger partial charge in [-0.2, -0.15) is 5.10 Å². The summed E-state index contributed by atoms with van der Waals surface area (Å²) in [6.45, 7) is 6.43. The topological polar surface area (TPSA) is 82.6 Å². The third-order valence-electron chi connectivity index (χ3n) is 6.71. The van der Waals surface area contributed by atoms with Crippen LogP contribution >= 0.6 is 0 Å². The summed E-state index contributed by atoms with van der Waals surface area (Å²) in [6, 6.07) is 12.2. The summed E-state index contributed by atoms with van der Waals surface area (Å²) in [5.74, 6) is 0. The second-order valence-electron chi connectivity index (χ2n) is 8.84. The number of pyridine rings is 3. The Kier molecular flexibility index (Phi) is 4.24. The van der Waals surface area contributed by atoms with Gasteiger partial charge in [0.15, 0.2) is 0 Å². The van der Waals surface area contributed by atoms with Crippen LogP contribution in [0.1, 0.15) is 18.5 Å². The van der Waals surface area contributed by atoms with E-state index >= 15 is 0 Å². The van der Waals surface area contributed by atoms with Crippen molar-refractivity contribution in [2.75, 3.05) is 31.1 Å². The van der Waals surface area contributed by atoms with Gasteiger partial charge < -0.3 is 10.2 Å². The van der Waals surface area contributed by atoms with Gasteiger partial charge >= 0.3 is 0 Å². The van der Waals surface area contributed by atoms with Crippen LogP contribution in [-0.4, -0.2) is 51.3 Å². The van der Waals surface area contributed by atoms with Gasteiger partial charge in [0.1, 0.15) is 5.69 Å². The lowest BCUT2D eigenvalue weighted by Gasteiger charge is -2.24. The molecule has 2 aliphatic rings. The molecule has 31 heavy (non-hydrogen) atoms. The predicted octanol–water partition coefficient (Wildman–Crippen LogP) is 3.58. The molecule has 0 bridgehead atoms. The normalized spacial score (nSPS) is 20.9. The minimum atomic E-state index is 0.427. The summed E-state index contributed by atoms with van der Waals surface area (Å²) < 4.78 is 0. The van der Waals surface area contributed by atoms with Crippen molar-refractivity contribution in [3.8, 4) is 22.6 Å². The van der Waals surface area contributed by atoms with Gasteiger partial charge in [-0.15, -0.1) is 0 Å². The number of fused-ring (bicyclic) bond motifs is 1. The third kappa shape index (κ3) is 3.25. The summed E-state index contributed by atoms with van der Waals surface area (Å²) in [6.07, 6.45) is 6.39. The van der Waals surface area contributed by atoms with Crippen molar-refractivity contribution < 1.29 is 0 Å². The number of hydrogen-bond acceptors (Lipinski definition) is 6. The van der Waals surface area contributed by atoms with Crippen LogP contribution in [0.15, 0.2) is 48.8 Å². The molecule has 0 aliphatic carbocycles. The molecule has 1 atom stereocenters. The van der Waals surface area contributed by atoms with E-state index in [-0.39, 0.29) is 0 Å². The van der Waals surface area contributed by atoms with Gasteiger partial charge in [-0.25, -0.2) is 4.98 Å². The number of rotatable bonds is 3. The molecule has 2 N–H and O–H groups in total. The molecule has 0 saturated carbocycles. The lowest BCUT2D eigenvalue weighted by atomic mass is 9.86. The molecule has 156 valence electrons. The number of nitrogens with zero attached hydrogens (tertiary/aromatic N) is 5. The molecular weight excluding hydrogens is 386 g/mol. The van der Waals surface area contributed by atoms with E-state index in [9.17, 15) is 0 Å². The smallest absolute Gasteiger partial charge is 0.120 e. The maximum atomic E-state index is 4.96. The molecular formula is C24H25N7. The summed E-state index contributed by atoms with van der Waals surface area (Å²) in [5.41, 5.74) is 7.84. The van der Waals surface area contributed by atoms with Crippen LogP contribution in [-0.2, 0) is 0 Å². The molecule has 0 aromatic carbocycles. The van der Waals surface area contributed by atoms with E-state index in [0.29, 0.717) is 5.41 Å². The Hall–Kier alpha value is -3.32. The van der Waals surface area contributed by atoms with Crippen molar-refractivity contribution in [2.45, 2.75) is 19.8 Å². The molecule has 7 heteroatoms. The fourth-order valence-electron chi connectivity index (χ4n) is 4.97. The lowest BCUT2D eigenvalue weighted by molar-refractivity contribution is 0.369. The monoisotopic (exact) mass is 411 g/mol. The van der Waals surface area contributed by atoms with Crippen LogP contribution < -0.4 is 10.2 Å². The predicted molar refractivity (Wildman–Crippen MR) is 122 cm³/mol. The van der Waals surface area contributed by atoms with Crippen molar-refractivity contribution in [1.29, 1.82) is 0 Å². The average Bonchev–Trinajstić information content (AvgIpc) is 3.55. The van der Waals surface area contributed by atoms with Crippen molar-refractivity contribution >= 4 is 16.7 Å². The quantitative estimate of drug-likeness (QED) is 0.536. The first-order valence-corrected chi connectivity index (χ1v) is 10.9. The molecule has 2 saturated heterocycles. The minimum absolute atomic E-state index is 0.427. The summed E-state index contributed by atoms with van der Waals surface area (Å²) in [7, 11) is 0. The first-order valence-electron chi connectivity index (χ1n) is 10.9. The fraction of sp³-hybridized carbons (Fsp3) is 0.333. The second-order valence-corrected chi connectivity index (χ2v) is 8.84. The summed E-state index contributed by atoms with van der Waals surface area (Å²) in [4.78, 5) is 16.8. The summed E-state index contributed by atoms with van der Waals surface area (Å²) >= 11 is 0. The fourth-order valence-corrected chi connectivity index (χ4v) is 4.97. The van der Waals surface area contributed by atoms with E-state index in [1.54, 1.807) is 0 Å². The molecule has 1 unspecified atom stereocenters. The van der Waals surface area contributed by atoms with Gasteiger partial charge in [-0.3, -0.25) is 15.1 Å². The van der Waals surface area contributed by atoms with E-state index in [1.807, 2.05) is 49.6 Å². The molecule has 7 nitrogen and oxygen atoms in total. The van der Waals surface area contributed by atoms with Crippen molar-refractivity contribution in [3.05, 3.63) is 54.5 Å². The van der Waals surface area contributed by atoms with Crippen molar-refractivity contribution in [3.63, 3.8) is 0 Å². The second kappa shape index (κ2) is 7.13. The SMILES string of the molecule is Cc1cccc(-c2n[nH]cc2-c2ccc3ncc(N4CCC5(CCNC5)C4)cc3n2)n1. The molecule has 4 aromatic rings. The molecule has 2 aliphatic heterocycles. The first kappa shape index (κ1) is 18.4. The Labute approximate surface area is 181 Å². The Morgan fingerprint density at radius 1 is 1.03 bits per heavy atom. The number of H-pyrrole nitrogens is 1. The maximum Gasteiger partial charge on any atom is 0.120 e. The van der Waals surface area contributed by atoms with Gasteiger partial charge in [-0.1, -0.05) is 6.07 Å². The Morgan fingerprint density at radius 2 is 2.00 bits per heavy atom. The molecule has 0 radical (unpaired) electrons.